The molecule has 0 fully saturated rings. The molecule has 174 valence electrons. The van der Waals surface area contributed by atoms with Crippen LogP contribution < -0.4 is 24.8 Å². The molecule has 2 aliphatic rings. The number of hydrogen-bond acceptors (Lipinski definition) is 9. The molecule has 1 aromatic carbocycles. The number of fused-ring (bicyclic) bond motifs is 2. The van der Waals surface area contributed by atoms with E-state index in [2.05, 4.69) is 25.6 Å². The van der Waals surface area contributed by atoms with Crippen molar-refractivity contribution in [3.05, 3.63) is 24.0 Å². The second-order valence-electron chi connectivity index (χ2n) is 7.65. The average molecular weight is 454 g/mol. The Morgan fingerprint density at radius 2 is 1.94 bits per heavy atom. The fourth-order valence-electron chi connectivity index (χ4n) is 3.71. The van der Waals surface area contributed by atoms with Crippen molar-refractivity contribution in [2.75, 3.05) is 51.6 Å². The van der Waals surface area contributed by atoms with E-state index in [1.165, 1.54) is 26.8 Å². The second kappa shape index (κ2) is 9.72. The predicted octanol–water partition coefficient (Wildman–Crippen LogP) is 1.97. The van der Waals surface area contributed by atoms with Crippen LogP contribution >= 0.6 is 0 Å². The molecular weight excluding hydrogens is 428 g/mol. The summed E-state index contributed by atoms with van der Waals surface area (Å²) in [6.45, 7) is 1.06. The largest absolute Gasteiger partial charge is 0.493 e. The summed E-state index contributed by atoms with van der Waals surface area (Å²) in [6, 6.07) is 3.30. The summed E-state index contributed by atoms with van der Waals surface area (Å²) in [5.41, 5.74) is 1.13. The van der Waals surface area contributed by atoms with E-state index in [-0.39, 0.29) is 18.4 Å². The molecule has 2 amide bonds. The van der Waals surface area contributed by atoms with Crippen molar-refractivity contribution < 1.29 is 23.8 Å². The molecule has 1 atom stereocenters. The van der Waals surface area contributed by atoms with Crippen molar-refractivity contribution in [2.24, 2.45) is 4.99 Å². The number of nitrogens with zero attached hydrogens (tertiary/aromatic N) is 4. The van der Waals surface area contributed by atoms with Crippen LogP contribution in [0.2, 0.25) is 0 Å². The number of nitrogens with one attached hydrogen (secondary N) is 2. The number of methoxy groups -OCH3 is 2. The minimum absolute atomic E-state index is 0.156. The molecule has 0 saturated heterocycles. The van der Waals surface area contributed by atoms with Gasteiger partial charge in [0.15, 0.2) is 18.1 Å². The highest BCUT2D eigenvalue weighted by Gasteiger charge is 2.33. The number of carbonyl (C=O) groups excluding carboxylic acids is 2. The Bertz CT molecular complexity index is 1090. The molecule has 0 spiro atoms. The van der Waals surface area contributed by atoms with Gasteiger partial charge in [0.2, 0.25) is 11.7 Å². The van der Waals surface area contributed by atoms with Gasteiger partial charge in [0, 0.05) is 38.5 Å². The number of ether oxygens (including phenoxy) is 3. The molecule has 2 aromatic rings. The van der Waals surface area contributed by atoms with E-state index < -0.39 is 5.92 Å². The van der Waals surface area contributed by atoms with Crippen molar-refractivity contribution in [1.82, 2.24) is 14.9 Å². The van der Waals surface area contributed by atoms with Gasteiger partial charge in [0.25, 0.3) is 5.91 Å². The van der Waals surface area contributed by atoms with Crippen molar-refractivity contribution >= 4 is 35.4 Å². The number of hydrogen-bond donors (Lipinski definition) is 2. The maximum Gasteiger partial charge on any atom is 0.260 e. The second-order valence-corrected chi connectivity index (χ2v) is 7.65. The van der Waals surface area contributed by atoms with Crippen LogP contribution in [0.5, 0.6) is 17.2 Å². The highest BCUT2D eigenvalue weighted by atomic mass is 16.5. The zero-order chi connectivity index (χ0) is 23.4. The fraction of sp³-hybridized carbons (Fsp3) is 0.409. The highest BCUT2D eigenvalue weighted by molar-refractivity contribution is 6.13. The third kappa shape index (κ3) is 4.66. The zero-order valence-electron chi connectivity index (χ0n) is 18.8. The molecule has 2 N–H and O–H groups in total. The summed E-state index contributed by atoms with van der Waals surface area (Å²) in [4.78, 5) is 39.8. The Morgan fingerprint density at radius 1 is 1.12 bits per heavy atom. The molecule has 0 aliphatic carbocycles. The molecule has 1 unspecified atom stereocenters. The molecule has 3 heterocycles. The Labute approximate surface area is 191 Å². The first-order valence-electron chi connectivity index (χ1n) is 10.6. The molecule has 2 bridgehead atoms. The zero-order valence-corrected chi connectivity index (χ0v) is 18.8. The van der Waals surface area contributed by atoms with Crippen LogP contribution in [0.3, 0.4) is 0 Å². The van der Waals surface area contributed by atoms with Gasteiger partial charge < -0.3 is 29.7 Å². The van der Waals surface area contributed by atoms with Crippen LogP contribution in [0.25, 0.3) is 0 Å². The van der Waals surface area contributed by atoms with E-state index in [1.807, 2.05) is 0 Å². The molecule has 2 aliphatic heterocycles. The molecule has 4 rings (SSSR count). The number of anilines is 2. The molecule has 0 radical (unpaired) electrons. The minimum Gasteiger partial charge on any atom is -0.493 e. The number of likely N-dealkylation sites (N-methyl/N-ethyl adjacent to an activating group) is 1. The first-order chi connectivity index (χ1) is 16.0. The van der Waals surface area contributed by atoms with E-state index >= 15 is 0 Å². The summed E-state index contributed by atoms with van der Waals surface area (Å²) in [6.07, 6.45) is 4.55. The maximum atomic E-state index is 12.6. The number of benzene rings is 1. The Kier molecular flexibility index (Phi) is 6.57. The molecule has 0 saturated carbocycles. The van der Waals surface area contributed by atoms with Crippen LogP contribution in [0.4, 0.5) is 17.3 Å². The number of rotatable bonds is 2. The number of aliphatic imine (C=N–C) groups is 1. The SMILES string of the molecule is COc1cc2cc(c1OC)OCC(=O)N(C)CCCCNc1ncnc3c1C(C=N2)C(=O)N3. The first-order valence-corrected chi connectivity index (χ1v) is 10.6. The minimum atomic E-state index is -0.662. The van der Waals surface area contributed by atoms with Gasteiger partial charge in [-0.3, -0.25) is 14.6 Å². The van der Waals surface area contributed by atoms with Crippen LogP contribution in [-0.2, 0) is 9.59 Å². The summed E-state index contributed by atoms with van der Waals surface area (Å²) in [5, 5.41) is 6.07. The van der Waals surface area contributed by atoms with E-state index in [9.17, 15) is 9.59 Å². The van der Waals surface area contributed by atoms with Gasteiger partial charge in [-0.05, 0) is 12.8 Å². The maximum absolute atomic E-state index is 12.6. The van der Waals surface area contributed by atoms with Gasteiger partial charge in [0.05, 0.1) is 25.5 Å². The van der Waals surface area contributed by atoms with Crippen LogP contribution in [0, 0.1) is 0 Å². The van der Waals surface area contributed by atoms with Gasteiger partial charge in [-0.25, -0.2) is 9.97 Å². The van der Waals surface area contributed by atoms with Crippen molar-refractivity contribution in [3.8, 4) is 17.2 Å². The third-order valence-corrected chi connectivity index (χ3v) is 5.51. The summed E-state index contributed by atoms with van der Waals surface area (Å²) >= 11 is 0. The third-order valence-electron chi connectivity index (χ3n) is 5.51. The number of aromatic nitrogens is 2. The lowest BCUT2D eigenvalue weighted by Crippen LogP contribution is -2.32. The number of amides is 2. The van der Waals surface area contributed by atoms with Gasteiger partial charge in [-0.1, -0.05) is 0 Å². The lowest BCUT2D eigenvalue weighted by Gasteiger charge is -2.19. The molecule has 11 heteroatoms. The van der Waals surface area contributed by atoms with Gasteiger partial charge >= 0.3 is 0 Å². The molecule has 11 nitrogen and oxygen atoms in total. The summed E-state index contributed by atoms with van der Waals surface area (Å²) in [5.74, 6) is 1.06. The van der Waals surface area contributed by atoms with Gasteiger partial charge in [-0.2, -0.15) is 0 Å². The van der Waals surface area contributed by atoms with E-state index in [0.29, 0.717) is 53.2 Å². The predicted molar refractivity (Wildman–Crippen MR) is 122 cm³/mol. The molecule has 1 aromatic heterocycles. The van der Waals surface area contributed by atoms with Crippen LogP contribution in [-0.4, -0.2) is 73.9 Å². The number of carbonyl (C=O) groups is 2. The monoisotopic (exact) mass is 454 g/mol. The summed E-state index contributed by atoms with van der Waals surface area (Å²) in [7, 11) is 4.73. The first kappa shape index (κ1) is 22.3. The normalized spacial score (nSPS) is 18.5. The lowest BCUT2D eigenvalue weighted by atomic mass is 10.0. The Balaban J connectivity index is 1.75. The van der Waals surface area contributed by atoms with Crippen molar-refractivity contribution in [2.45, 2.75) is 18.8 Å². The van der Waals surface area contributed by atoms with Gasteiger partial charge in [-0.15, -0.1) is 0 Å². The summed E-state index contributed by atoms with van der Waals surface area (Å²) < 4.78 is 16.6. The van der Waals surface area contributed by atoms with E-state index in [4.69, 9.17) is 14.2 Å². The fourth-order valence-corrected chi connectivity index (χ4v) is 3.71. The molecular formula is C22H26N6O5. The highest BCUT2D eigenvalue weighted by Crippen LogP contribution is 2.41. The Hall–Kier alpha value is -3.89. The van der Waals surface area contributed by atoms with E-state index in [1.54, 1.807) is 24.1 Å². The molecule has 33 heavy (non-hydrogen) atoms. The van der Waals surface area contributed by atoms with Gasteiger partial charge in [0.1, 0.15) is 23.9 Å². The topological polar surface area (TPSA) is 127 Å². The van der Waals surface area contributed by atoms with E-state index in [0.717, 1.165) is 12.8 Å². The Morgan fingerprint density at radius 3 is 2.73 bits per heavy atom. The smallest absolute Gasteiger partial charge is 0.260 e. The standard InChI is InChI=1S/C22H26N6O5/c1-28-7-5-4-6-23-20-18-14(22(30)27-21(18)26-12-25-20)10-24-13-8-15(31-2)19(32-3)16(9-13)33-11-17(28)29/h8-10,12,14H,4-7,11H2,1-3H3,(H2,23,25,26,27,30). The quantitative estimate of drug-likeness (QED) is 0.705. The van der Waals surface area contributed by atoms with Crippen LogP contribution in [0.15, 0.2) is 23.5 Å². The van der Waals surface area contributed by atoms with Crippen LogP contribution in [0.1, 0.15) is 24.3 Å². The van der Waals surface area contributed by atoms with Crippen molar-refractivity contribution in [1.29, 1.82) is 0 Å². The average Bonchev–Trinajstić information content (AvgIpc) is 3.15. The lowest BCUT2D eigenvalue weighted by molar-refractivity contribution is -0.132. The van der Waals surface area contributed by atoms with Crippen molar-refractivity contribution in [3.63, 3.8) is 0 Å².